The average molecular weight is 396 g/mol. The van der Waals surface area contributed by atoms with Gasteiger partial charge in [0.1, 0.15) is 10.7 Å². The monoisotopic (exact) mass is 396 g/mol. The quantitative estimate of drug-likeness (QED) is 0.789. The Hall–Kier alpha value is -1.84. The summed E-state index contributed by atoms with van der Waals surface area (Å²) in [4.78, 5) is 6.21. The van der Waals surface area contributed by atoms with Crippen molar-refractivity contribution < 1.29 is 17.3 Å². The first-order valence-electron chi connectivity index (χ1n) is 8.89. The van der Waals surface area contributed by atoms with Gasteiger partial charge in [-0.1, -0.05) is 32.0 Å². The van der Waals surface area contributed by atoms with E-state index in [0.717, 1.165) is 0 Å². The summed E-state index contributed by atoms with van der Waals surface area (Å²) in [5.41, 5.74) is 0.474. The van der Waals surface area contributed by atoms with Gasteiger partial charge >= 0.3 is 0 Å². The van der Waals surface area contributed by atoms with Crippen molar-refractivity contribution in [3.63, 3.8) is 0 Å². The number of nitrogens with zero attached hydrogens (tertiary/aromatic N) is 4. The van der Waals surface area contributed by atoms with E-state index in [0.29, 0.717) is 50.0 Å². The Labute approximate surface area is 159 Å². The van der Waals surface area contributed by atoms with E-state index in [-0.39, 0.29) is 10.3 Å². The lowest BCUT2D eigenvalue weighted by Crippen LogP contribution is -2.48. The molecule has 1 fully saturated rings. The van der Waals surface area contributed by atoms with Crippen LogP contribution in [0.15, 0.2) is 27.6 Å². The summed E-state index contributed by atoms with van der Waals surface area (Å²) < 4.78 is 46.2. The minimum atomic E-state index is -3.84. The van der Waals surface area contributed by atoms with Crippen molar-refractivity contribution in [3.8, 4) is 0 Å². The summed E-state index contributed by atoms with van der Waals surface area (Å²) in [6.45, 7) is 9.83. The maximum absolute atomic E-state index is 14.1. The van der Waals surface area contributed by atoms with E-state index < -0.39 is 15.8 Å². The second-order valence-electron chi connectivity index (χ2n) is 7.88. The van der Waals surface area contributed by atoms with Crippen LogP contribution in [0.4, 0.5) is 4.39 Å². The summed E-state index contributed by atoms with van der Waals surface area (Å²) in [6, 6.07) is 4.18. The fourth-order valence-corrected chi connectivity index (χ4v) is 4.37. The SMILES string of the molecule is Cc1ccc(S(=O)(=O)N2CCN(Cc3noc(C(C)(C)C)n3)CC2)c(F)c1. The normalized spacial score (nSPS) is 17.4. The number of hydrogen-bond donors (Lipinski definition) is 0. The van der Waals surface area contributed by atoms with Gasteiger partial charge in [-0.25, -0.2) is 12.8 Å². The molecule has 0 unspecified atom stereocenters. The van der Waals surface area contributed by atoms with Gasteiger partial charge in [-0.2, -0.15) is 9.29 Å². The van der Waals surface area contributed by atoms with Gasteiger partial charge in [0.15, 0.2) is 5.82 Å². The number of sulfonamides is 1. The second kappa shape index (κ2) is 7.29. The van der Waals surface area contributed by atoms with Gasteiger partial charge in [0.2, 0.25) is 15.9 Å². The molecule has 2 aromatic rings. The van der Waals surface area contributed by atoms with Crippen LogP contribution in [0.1, 0.15) is 38.0 Å². The fourth-order valence-electron chi connectivity index (χ4n) is 2.90. The Bertz CT molecular complexity index is 913. The van der Waals surface area contributed by atoms with Crippen molar-refractivity contribution in [3.05, 3.63) is 41.3 Å². The standard InChI is InChI=1S/C18H25FN4O3S/c1-13-5-6-15(14(19)11-13)27(24,25)23-9-7-22(8-10-23)12-16-20-17(26-21-16)18(2,3)4/h5-6,11H,7-10,12H2,1-4H3. The van der Waals surface area contributed by atoms with Crippen LogP contribution in [0.2, 0.25) is 0 Å². The summed E-state index contributed by atoms with van der Waals surface area (Å²) in [6.07, 6.45) is 0. The topological polar surface area (TPSA) is 79.5 Å². The lowest BCUT2D eigenvalue weighted by Gasteiger charge is -2.33. The third-order valence-corrected chi connectivity index (χ3v) is 6.44. The number of aromatic nitrogens is 2. The molecule has 3 rings (SSSR count). The zero-order chi connectivity index (χ0) is 19.8. The minimum absolute atomic E-state index is 0.212. The van der Waals surface area contributed by atoms with Crippen LogP contribution in [-0.4, -0.2) is 53.9 Å². The van der Waals surface area contributed by atoms with E-state index in [4.69, 9.17) is 4.52 Å². The van der Waals surface area contributed by atoms with E-state index in [9.17, 15) is 12.8 Å². The highest BCUT2D eigenvalue weighted by molar-refractivity contribution is 7.89. The molecule has 0 spiro atoms. The van der Waals surface area contributed by atoms with Gasteiger partial charge in [-0.3, -0.25) is 4.90 Å². The van der Waals surface area contributed by atoms with Crippen LogP contribution < -0.4 is 0 Å². The fraction of sp³-hybridized carbons (Fsp3) is 0.556. The molecule has 7 nitrogen and oxygen atoms in total. The molecule has 0 aliphatic carbocycles. The highest BCUT2D eigenvalue weighted by Gasteiger charge is 2.31. The van der Waals surface area contributed by atoms with E-state index in [1.54, 1.807) is 13.0 Å². The third kappa shape index (κ3) is 4.36. The largest absolute Gasteiger partial charge is 0.339 e. The molecule has 1 saturated heterocycles. The Morgan fingerprint density at radius 3 is 2.41 bits per heavy atom. The molecule has 1 aromatic carbocycles. The predicted octanol–water partition coefficient (Wildman–Crippen LogP) is 2.32. The number of rotatable bonds is 4. The first-order valence-corrected chi connectivity index (χ1v) is 10.3. The van der Waals surface area contributed by atoms with Crippen molar-refractivity contribution in [1.82, 2.24) is 19.3 Å². The number of hydrogen-bond acceptors (Lipinski definition) is 6. The zero-order valence-electron chi connectivity index (χ0n) is 16.1. The van der Waals surface area contributed by atoms with Gasteiger partial charge in [0.25, 0.3) is 0 Å². The van der Waals surface area contributed by atoms with Crippen LogP contribution in [0, 0.1) is 12.7 Å². The lowest BCUT2D eigenvalue weighted by atomic mass is 9.97. The molecule has 2 heterocycles. The summed E-state index contributed by atoms with van der Waals surface area (Å²) in [7, 11) is -3.84. The molecule has 9 heteroatoms. The second-order valence-corrected chi connectivity index (χ2v) is 9.79. The first kappa shape index (κ1) is 19.9. The van der Waals surface area contributed by atoms with Gasteiger partial charge in [0.05, 0.1) is 6.54 Å². The molecular formula is C18H25FN4O3S. The van der Waals surface area contributed by atoms with E-state index in [1.807, 2.05) is 20.8 Å². The molecule has 1 aliphatic rings. The molecule has 1 aromatic heterocycles. The van der Waals surface area contributed by atoms with Gasteiger partial charge < -0.3 is 4.52 Å². The van der Waals surface area contributed by atoms with Crippen molar-refractivity contribution in [2.45, 2.75) is 44.6 Å². The Kier molecular flexibility index (Phi) is 5.38. The Morgan fingerprint density at radius 1 is 1.19 bits per heavy atom. The molecule has 0 radical (unpaired) electrons. The van der Waals surface area contributed by atoms with Crippen LogP contribution >= 0.6 is 0 Å². The van der Waals surface area contributed by atoms with Gasteiger partial charge in [-0.05, 0) is 24.6 Å². The molecule has 0 saturated carbocycles. The summed E-state index contributed by atoms with van der Waals surface area (Å²) in [5.74, 6) is 0.452. The van der Waals surface area contributed by atoms with Crippen molar-refractivity contribution >= 4 is 10.0 Å². The smallest absolute Gasteiger partial charge is 0.246 e. The number of aryl methyl sites for hydroxylation is 1. The molecule has 27 heavy (non-hydrogen) atoms. The van der Waals surface area contributed by atoms with Gasteiger partial charge in [-0.15, -0.1) is 0 Å². The predicted molar refractivity (Wildman–Crippen MR) is 98.2 cm³/mol. The summed E-state index contributed by atoms with van der Waals surface area (Å²) >= 11 is 0. The van der Waals surface area contributed by atoms with Crippen LogP contribution in [-0.2, 0) is 22.0 Å². The van der Waals surface area contributed by atoms with Crippen LogP contribution in [0.5, 0.6) is 0 Å². The lowest BCUT2D eigenvalue weighted by molar-refractivity contribution is 0.176. The molecule has 148 valence electrons. The number of benzene rings is 1. The van der Waals surface area contributed by atoms with Gasteiger partial charge in [0, 0.05) is 31.6 Å². The molecular weight excluding hydrogens is 371 g/mol. The van der Waals surface area contributed by atoms with Crippen molar-refractivity contribution in [1.29, 1.82) is 0 Å². The molecule has 0 amide bonds. The van der Waals surface area contributed by atoms with Crippen molar-refractivity contribution in [2.24, 2.45) is 0 Å². The molecule has 0 bridgehead atoms. The van der Waals surface area contributed by atoms with E-state index in [1.165, 1.54) is 16.4 Å². The average Bonchev–Trinajstić information content (AvgIpc) is 3.04. The minimum Gasteiger partial charge on any atom is -0.339 e. The number of halogens is 1. The first-order chi connectivity index (χ1) is 12.6. The highest BCUT2D eigenvalue weighted by Crippen LogP contribution is 2.23. The maximum Gasteiger partial charge on any atom is 0.246 e. The Morgan fingerprint density at radius 2 is 1.85 bits per heavy atom. The van der Waals surface area contributed by atoms with E-state index >= 15 is 0 Å². The number of piperazine rings is 1. The van der Waals surface area contributed by atoms with E-state index in [2.05, 4.69) is 15.0 Å². The summed E-state index contributed by atoms with van der Waals surface area (Å²) in [5, 5.41) is 4.00. The third-order valence-electron chi connectivity index (χ3n) is 4.51. The Balaban J connectivity index is 1.64. The van der Waals surface area contributed by atoms with Crippen LogP contribution in [0.25, 0.3) is 0 Å². The molecule has 1 aliphatic heterocycles. The van der Waals surface area contributed by atoms with Crippen LogP contribution in [0.3, 0.4) is 0 Å². The molecule has 0 atom stereocenters. The highest BCUT2D eigenvalue weighted by atomic mass is 32.2. The zero-order valence-corrected chi connectivity index (χ0v) is 16.9. The molecule has 0 N–H and O–H groups in total. The maximum atomic E-state index is 14.1. The van der Waals surface area contributed by atoms with Crippen molar-refractivity contribution in [2.75, 3.05) is 26.2 Å².